The Morgan fingerprint density at radius 3 is 2.86 bits per heavy atom. The summed E-state index contributed by atoms with van der Waals surface area (Å²) >= 11 is 0. The molecule has 0 atom stereocenters. The fraction of sp³-hybridized carbons (Fsp3) is 0.300. The summed E-state index contributed by atoms with van der Waals surface area (Å²) in [4.78, 5) is 11.6. The van der Waals surface area contributed by atoms with Crippen molar-refractivity contribution >= 4 is 6.41 Å². The van der Waals surface area contributed by atoms with Crippen molar-refractivity contribution in [2.75, 3.05) is 14.2 Å². The normalized spacial score (nSPS) is 9.64. The van der Waals surface area contributed by atoms with E-state index in [1.54, 1.807) is 19.5 Å². The summed E-state index contributed by atoms with van der Waals surface area (Å²) in [5, 5.41) is 0. The zero-order valence-electron chi connectivity index (χ0n) is 8.08. The van der Waals surface area contributed by atoms with Crippen LogP contribution in [0, 0.1) is 5.82 Å². The van der Waals surface area contributed by atoms with Gasteiger partial charge in [0.1, 0.15) is 11.6 Å². The van der Waals surface area contributed by atoms with Crippen LogP contribution < -0.4 is 4.74 Å². The average molecular weight is 196 g/mol. The Morgan fingerprint density at radius 1 is 1.57 bits per heavy atom. The highest BCUT2D eigenvalue weighted by atomic mass is 19.1. The predicted molar refractivity (Wildman–Crippen MR) is 50.1 cm³/mol. The van der Waals surface area contributed by atoms with Crippen molar-refractivity contribution < 1.29 is 13.9 Å². The third kappa shape index (κ3) is 2.45. The minimum atomic E-state index is -0.358. The Bertz CT molecular complexity index is 328. The second-order valence-electron chi connectivity index (χ2n) is 2.90. The molecule has 0 saturated heterocycles. The summed E-state index contributed by atoms with van der Waals surface area (Å²) < 4.78 is 17.8. The minimum Gasteiger partial charge on any atom is -0.496 e. The molecule has 1 aromatic carbocycles. The number of benzene rings is 1. The van der Waals surface area contributed by atoms with Gasteiger partial charge >= 0.3 is 6.41 Å². The van der Waals surface area contributed by atoms with Crippen LogP contribution in [0.25, 0.3) is 0 Å². The van der Waals surface area contributed by atoms with Crippen LogP contribution in [-0.2, 0) is 11.3 Å². The first-order valence-corrected chi connectivity index (χ1v) is 4.08. The van der Waals surface area contributed by atoms with Crippen LogP contribution in [0.15, 0.2) is 18.2 Å². The van der Waals surface area contributed by atoms with Gasteiger partial charge in [-0.2, -0.15) is 0 Å². The van der Waals surface area contributed by atoms with Crippen LogP contribution >= 0.6 is 0 Å². The van der Waals surface area contributed by atoms with E-state index >= 15 is 0 Å². The SMILES string of the molecule is COc1cc(F)ccc1CN(C)[C]=O. The van der Waals surface area contributed by atoms with Gasteiger partial charge in [-0.25, -0.2) is 4.39 Å². The summed E-state index contributed by atoms with van der Waals surface area (Å²) in [7, 11) is 3.05. The molecule has 0 aliphatic heterocycles. The van der Waals surface area contributed by atoms with Gasteiger partial charge in [0.05, 0.1) is 7.11 Å². The number of carbonyl (C=O) groups excluding carboxylic acids is 1. The van der Waals surface area contributed by atoms with Crippen molar-refractivity contribution in [1.82, 2.24) is 4.90 Å². The molecule has 75 valence electrons. The molecule has 0 aromatic heterocycles. The van der Waals surface area contributed by atoms with Crippen LogP contribution in [-0.4, -0.2) is 25.5 Å². The first-order chi connectivity index (χ1) is 6.67. The Labute approximate surface area is 82.1 Å². The summed E-state index contributed by atoms with van der Waals surface area (Å²) in [6, 6.07) is 4.20. The largest absolute Gasteiger partial charge is 0.496 e. The lowest BCUT2D eigenvalue weighted by Crippen LogP contribution is -2.15. The van der Waals surface area contributed by atoms with Gasteiger partial charge in [-0.05, 0) is 6.07 Å². The van der Waals surface area contributed by atoms with E-state index in [-0.39, 0.29) is 5.82 Å². The molecule has 0 N–H and O–H groups in total. The molecule has 1 aromatic rings. The van der Waals surface area contributed by atoms with E-state index in [4.69, 9.17) is 4.74 Å². The van der Waals surface area contributed by atoms with Crippen molar-refractivity contribution in [3.63, 3.8) is 0 Å². The van der Waals surface area contributed by atoms with Gasteiger partial charge in [0.2, 0.25) is 0 Å². The number of hydrogen-bond donors (Lipinski definition) is 0. The standard InChI is InChI=1S/C10H11FNO2/c1-12(7-13)6-8-3-4-9(11)5-10(8)14-2/h3-5H,6H2,1-2H3. The van der Waals surface area contributed by atoms with Gasteiger partial charge < -0.3 is 9.64 Å². The van der Waals surface area contributed by atoms with Gasteiger partial charge in [-0.1, -0.05) is 6.07 Å². The average Bonchev–Trinajstić information content (AvgIpc) is 2.20. The summed E-state index contributed by atoms with van der Waals surface area (Å²) in [6.45, 7) is 0.354. The molecular weight excluding hydrogens is 185 g/mol. The van der Waals surface area contributed by atoms with Gasteiger partial charge in [-0.3, -0.25) is 4.79 Å². The van der Waals surface area contributed by atoms with Crippen molar-refractivity contribution in [2.24, 2.45) is 0 Å². The third-order valence-corrected chi connectivity index (χ3v) is 1.81. The highest BCUT2D eigenvalue weighted by molar-refractivity contribution is 5.48. The number of ether oxygens (including phenoxy) is 1. The molecule has 4 heteroatoms. The second-order valence-corrected chi connectivity index (χ2v) is 2.90. The molecule has 1 radical (unpaired) electrons. The van der Waals surface area contributed by atoms with Gasteiger partial charge in [0.25, 0.3) is 0 Å². The van der Waals surface area contributed by atoms with Crippen molar-refractivity contribution in [3.05, 3.63) is 29.6 Å². The highest BCUT2D eigenvalue weighted by Gasteiger charge is 2.06. The smallest absolute Gasteiger partial charge is 0.312 e. The number of rotatable bonds is 4. The molecule has 1 amide bonds. The number of methoxy groups -OCH3 is 1. The quantitative estimate of drug-likeness (QED) is 0.680. The van der Waals surface area contributed by atoms with Crippen LogP contribution in [0.5, 0.6) is 5.75 Å². The second kappa shape index (κ2) is 4.60. The number of halogens is 1. The highest BCUT2D eigenvalue weighted by Crippen LogP contribution is 2.20. The van der Waals surface area contributed by atoms with Gasteiger partial charge in [0.15, 0.2) is 0 Å². The molecule has 0 aliphatic carbocycles. The Balaban J connectivity index is 2.90. The van der Waals surface area contributed by atoms with Crippen LogP contribution in [0.1, 0.15) is 5.56 Å². The maximum Gasteiger partial charge on any atom is 0.312 e. The lowest BCUT2D eigenvalue weighted by molar-refractivity contribution is 0.387. The summed E-state index contributed by atoms with van der Waals surface area (Å²) in [6.07, 6.45) is 1.71. The number of nitrogens with zero attached hydrogens (tertiary/aromatic N) is 1. The number of amides is 1. The zero-order chi connectivity index (χ0) is 10.6. The van der Waals surface area contributed by atoms with Crippen LogP contribution in [0.3, 0.4) is 0 Å². The molecule has 3 nitrogen and oxygen atoms in total. The van der Waals surface area contributed by atoms with E-state index in [1.807, 2.05) is 0 Å². The predicted octanol–water partition coefficient (Wildman–Crippen LogP) is 1.33. The van der Waals surface area contributed by atoms with E-state index in [0.717, 1.165) is 5.56 Å². The zero-order valence-corrected chi connectivity index (χ0v) is 8.08. The fourth-order valence-corrected chi connectivity index (χ4v) is 1.14. The topological polar surface area (TPSA) is 29.5 Å². The van der Waals surface area contributed by atoms with Gasteiger partial charge in [-0.15, -0.1) is 0 Å². The fourth-order valence-electron chi connectivity index (χ4n) is 1.14. The maximum atomic E-state index is 12.8. The van der Waals surface area contributed by atoms with Crippen LogP contribution in [0.2, 0.25) is 0 Å². The first-order valence-electron chi connectivity index (χ1n) is 4.08. The Kier molecular flexibility index (Phi) is 3.45. The van der Waals surface area contributed by atoms with Crippen molar-refractivity contribution in [3.8, 4) is 5.75 Å². The first kappa shape index (κ1) is 10.5. The third-order valence-electron chi connectivity index (χ3n) is 1.81. The molecule has 0 bridgehead atoms. The number of hydrogen-bond acceptors (Lipinski definition) is 2. The molecule has 0 saturated carbocycles. The lowest BCUT2D eigenvalue weighted by atomic mass is 10.2. The molecule has 1 rings (SSSR count). The van der Waals surface area contributed by atoms with E-state index in [0.29, 0.717) is 12.3 Å². The molecule has 0 unspecified atom stereocenters. The van der Waals surface area contributed by atoms with Gasteiger partial charge in [0, 0.05) is 25.2 Å². The molecular formula is C10H11FNO2. The summed E-state index contributed by atoms with van der Waals surface area (Å²) in [5.41, 5.74) is 0.750. The molecule has 0 aliphatic rings. The maximum absolute atomic E-state index is 12.8. The van der Waals surface area contributed by atoms with Crippen LogP contribution in [0.4, 0.5) is 4.39 Å². The van der Waals surface area contributed by atoms with Crippen molar-refractivity contribution in [1.29, 1.82) is 0 Å². The van der Waals surface area contributed by atoms with E-state index in [1.165, 1.54) is 24.1 Å². The lowest BCUT2D eigenvalue weighted by Gasteiger charge is -2.12. The summed E-state index contributed by atoms with van der Waals surface area (Å²) in [5.74, 6) is 0.0791. The molecule has 0 spiro atoms. The van der Waals surface area contributed by atoms with Crippen molar-refractivity contribution in [2.45, 2.75) is 6.54 Å². The monoisotopic (exact) mass is 196 g/mol. The Morgan fingerprint density at radius 2 is 2.29 bits per heavy atom. The van der Waals surface area contributed by atoms with E-state index in [9.17, 15) is 9.18 Å². The minimum absolute atomic E-state index is 0.354. The van der Waals surface area contributed by atoms with E-state index in [2.05, 4.69) is 0 Å². The molecule has 0 heterocycles. The molecule has 14 heavy (non-hydrogen) atoms. The molecule has 0 fully saturated rings. The van der Waals surface area contributed by atoms with E-state index < -0.39 is 0 Å². The Hall–Kier alpha value is -1.58.